The monoisotopic (exact) mass is 319 g/mol. The van der Waals surface area contributed by atoms with Crippen LogP contribution in [0, 0.1) is 0 Å². The quantitative estimate of drug-likeness (QED) is 0.776. The summed E-state index contributed by atoms with van der Waals surface area (Å²) in [5.74, 6) is 1.69. The van der Waals surface area contributed by atoms with E-state index in [9.17, 15) is 0 Å². The maximum Gasteiger partial charge on any atom is 0.141 e. The van der Waals surface area contributed by atoms with Gasteiger partial charge in [0.05, 0.1) is 4.47 Å². The molecular formula is C16H18BrNO. The fourth-order valence-corrected chi connectivity index (χ4v) is 2.11. The van der Waals surface area contributed by atoms with Crippen LogP contribution in [-0.4, -0.2) is 6.54 Å². The summed E-state index contributed by atoms with van der Waals surface area (Å²) in [7, 11) is 0. The summed E-state index contributed by atoms with van der Waals surface area (Å²) in [6.45, 7) is 4.13. The molecule has 0 aliphatic carbocycles. The van der Waals surface area contributed by atoms with Gasteiger partial charge in [-0.1, -0.05) is 31.2 Å². The normalized spacial score (nSPS) is 10.4. The van der Waals surface area contributed by atoms with E-state index >= 15 is 0 Å². The fraction of sp³-hybridized carbons (Fsp3) is 0.250. The van der Waals surface area contributed by atoms with Gasteiger partial charge in [-0.05, 0) is 58.7 Å². The molecule has 0 atom stereocenters. The van der Waals surface area contributed by atoms with Crippen molar-refractivity contribution >= 4 is 15.9 Å². The molecule has 0 amide bonds. The lowest BCUT2D eigenvalue weighted by Crippen LogP contribution is -2.13. The SMILES string of the molecule is CCCNCc1ccc(Oc2ccccc2Br)cc1. The van der Waals surface area contributed by atoms with Crippen molar-refractivity contribution in [1.82, 2.24) is 5.32 Å². The third-order valence-electron chi connectivity index (χ3n) is 2.74. The topological polar surface area (TPSA) is 21.3 Å². The zero-order valence-corrected chi connectivity index (χ0v) is 12.6. The van der Waals surface area contributed by atoms with Crippen molar-refractivity contribution in [3.63, 3.8) is 0 Å². The molecule has 2 aromatic carbocycles. The molecule has 0 spiro atoms. The number of rotatable bonds is 6. The second-order valence-corrected chi connectivity index (χ2v) is 5.21. The Morgan fingerprint density at radius 3 is 2.47 bits per heavy atom. The molecular weight excluding hydrogens is 302 g/mol. The van der Waals surface area contributed by atoms with E-state index < -0.39 is 0 Å². The number of hydrogen-bond donors (Lipinski definition) is 1. The predicted octanol–water partition coefficient (Wildman–Crippen LogP) is 4.74. The molecule has 2 rings (SSSR count). The van der Waals surface area contributed by atoms with Crippen molar-refractivity contribution in [3.05, 3.63) is 58.6 Å². The summed E-state index contributed by atoms with van der Waals surface area (Å²) in [6.07, 6.45) is 1.16. The molecule has 1 N–H and O–H groups in total. The lowest BCUT2D eigenvalue weighted by molar-refractivity contribution is 0.479. The van der Waals surface area contributed by atoms with Crippen LogP contribution in [0.1, 0.15) is 18.9 Å². The second-order valence-electron chi connectivity index (χ2n) is 4.35. The number of halogens is 1. The lowest BCUT2D eigenvalue weighted by Gasteiger charge is -2.08. The Kier molecular flexibility index (Phi) is 5.43. The van der Waals surface area contributed by atoms with Gasteiger partial charge in [-0.2, -0.15) is 0 Å². The molecule has 2 nitrogen and oxygen atoms in total. The highest BCUT2D eigenvalue weighted by Gasteiger charge is 2.01. The van der Waals surface area contributed by atoms with Crippen LogP contribution < -0.4 is 10.1 Å². The first kappa shape index (κ1) is 14.1. The van der Waals surface area contributed by atoms with Crippen molar-refractivity contribution < 1.29 is 4.74 Å². The number of nitrogens with one attached hydrogen (secondary N) is 1. The Morgan fingerprint density at radius 2 is 1.79 bits per heavy atom. The number of ether oxygens (including phenoxy) is 1. The zero-order valence-electron chi connectivity index (χ0n) is 11.0. The van der Waals surface area contributed by atoms with E-state index in [1.165, 1.54) is 5.56 Å². The van der Waals surface area contributed by atoms with Crippen LogP contribution in [0.15, 0.2) is 53.0 Å². The van der Waals surface area contributed by atoms with Crippen molar-refractivity contribution in [2.75, 3.05) is 6.54 Å². The molecule has 19 heavy (non-hydrogen) atoms. The Morgan fingerprint density at radius 1 is 1.05 bits per heavy atom. The van der Waals surface area contributed by atoms with E-state index in [0.29, 0.717) is 0 Å². The highest BCUT2D eigenvalue weighted by molar-refractivity contribution is 9.10. The first-order chi connectivity index (χ1) is 9.29. The van der Waals surface area contributed by atoms with Gasteiger partial charge in [0, 0.05) is 6.54 Å². The summed E-state index contributed by atoms with van der Waals surface area (Å²) in [5.41, 5.74) is 1.27. The molecule has 0 saturated carbocycles. The van der Waals surface area contributed by atoms with Gasteiger partial charge in [0.1, 0.15) is 11.5 Å². The molecule has 0 aliphatic heterocycles. The molecule has 3 heteroatoms. The van der Waals surface area contributed by atoms with Gasteiger partial charge < -0.3 is 10.1 Å². The molecule has 0 aliphatic rings. The predicted molar refractivity (Wildman–Crippen MR) is 82.7 cm³/mol. The van der Waals surface area contributed by atoms with Crippen LogP contribution in [0.25, 0.3) is 0 Å². The number of para-hydroxylation sites is 1. The van der Waals surface area contributed by atoms with Gasteiger partial charge in [-0.25, -0.2) is 0 Å². The van der Waals surface area contributed by atoms with Crippen LogP contribution in [0.5, 0.6) is 11.5 Å². The lowest BCUT2D eigenvalue weighted by atomic mass is 10.2. The molecule has 100 valence electrons. The van der Waals surface area contributed by atoms with Crippen molar-refractivity contribution in [2.24, 2.45) is 0 Å². The first-order valence-corrected chi connectivity index (χ1v) is 7.31. The minimum atomic E-state index is 0.833. The number of hydrogen-bond acceptors (Lipinski definition) is 2. The molecule has 0 saturated heterocycles. The third kappa shape index (κ3) is 4.37. The standard InChI is InChI=1S/C16H18BrNO/c1-2-11-18-12-13-7-9-14(10-8-13)19-16-6-4-3-5-15(16)17/h3-10,18H,2,11-12H2,1H3. The van der Waals surface area contributed by atoms with Crippen molar-refractivity contribution in [2.45, 2.75) is 19.9 Å². The molecule has 0 radical (unpaired) electrons. The summed E-state index contributed by atoms with van der Waals surface area (Å²) in [6, 6.07) is 16.0. The van der Waals surface area contributed by atoms with E-state index in [-0.39, 0.29) is 0 Å². The van der Waals surface area contributed by atoms with Crippen LogP contribution in [-0.2, 0) is 6.54 Å². The molecule has 2 aromatic rings. The van der Waals surface area contributed by atoms with Gasteiger partial charge in [-0.15, -0.1) is 0 Å². The average Bonchev–Trinajstić information content (AvgIpc) is 2.44. The third-order valence-corrected chi connectivity index (χ3v) is 3.40. The van der Waals surface area contributed by atoms with E-state index in [0.717, 1.165) is 35.5 Å². The molecule has 0 bridgehead atoms. The Bertz CT molecular complexity index is 510. The highest BCUT2D eigenvalue weighted by Crippen LogP contribution is 2.29. The second kappa shape index (κ2) is 7.31. The minimum absolute atomic E-state index is 0.833. The summed E-state index contributed by atoms with van der Waals surface area (Å²) < 4.78 is 6.78. The van der Waals surface area contributed by atoms with E-state index in [2.05, 4.69) is 40.3 Å². The van der Waals surface area contributed by atoms with Gasteiger partial charge in [-0.3, -0.25) is 0 Å². The molecule has 0 aromatic heterocycles. The summed E-state index contributed by atoms with van der Waals surface area (Å²) in [4.78, 5) is 0. The van der Waals surface area contributed by atoms with Gasteiger partial charge in [0.25, 0.3) is 0 Å². The zero-order chi connectivity index (χ0) is 13.5. The fourth-order valence-electron chi connectivity index (χ4n) is 1.74. The van der Waals surface area contributed by atoms with Gasteiger partial charge >= 0.3 is 0 Å². The maximum atomic E-state index is 5.82. The maximum absolute atomic E-state index is 5.82. The van der Waals surface area contributed by atoms with Crippen LogP contribution in [0.4, 0.5) is 0 Å². The van der Waals surface area contributed by atoms with E-state index in [1.807, 2.05) is 36.4 Å². The van der Waals surface area contributed by atoms with Gasteiger partial charge in [0.2, 0.25) is 0 Å². The minimum Gasteiger partial charge on any atom is -0.456 e. The Balaban J connectivity index is 1.97. The van der Waals surface area contributed by atoms with E-state index in [1.54, 1.807) is 0 Å². The summed E-state index contributed by atoms with van der Waals surface area (Å²) >= 11 is 3.48. The number of benzene rings is 2. The van der Waals surface area contributed by atoms with Gasteiger partial charge in [0.15, 0.2) is 0 Å². The first-order valence-electron chi connectivity index (χ1n) is 6.51. The highest BCUT2D eigenvalue weighted by atomic mass is 79.9. The Hall–Kier alpha value is -1.32. The summed E-state index contributed by atoms with van der Waals surface area (Å²) in [5, 5.41) is 3.38. The van der Waals surface area contributed by atoms with Crippen LogP contribution in [0.2, 0.25) is 0 Å². The largest absolute Gasteiger partial charge is 0.456 e. The van der Waals surface area contributed by atoms with E-state index in [4.69, 9.17) is 4.74 Å². The van der Waals surface area contributed by atoms with Crippen molar-refractivity contribution in [1.29, 1.82) is 0 Å². The smallest absolute Gasteiger partial charge is 0.141 e. The molecule has 0 fully saturated rings. The van der Waals surface area contributed by atoms with Crippen LogP contribution >= 0.6 is 15.9 Å². The average molecular weight is 320 g/mol. The van der Waals surface area contributed by atoms with Crippen LogP contribution in [0.3, 0.4) is 0 Å². The molecule has 0 heterocycles. The Labute approximate surface area is 122 Å². The molecule has 0 unspecified atom stereocenters. The van der Waals surface area contributed by atoms with Crippen molar-refractivity contribution in [3.8, 4) is 11.5 Å².